The van der Waals surface area contributed by atoms with E-state index in [0.717, 1.165) is 55.9 Å². The van der Waals surface area contributed by atoms with Crippen LogP contribution >= 0.6 is 11.6 Å². The zero-order valence-corrected chi connectivity index (χ0v) is 16.0. The number of carbonyl (C=O) groups is 1. The van der Waals surface area contributed by atoms with Crippen molar-refractivity contribution in [2.75, 3.05) is 19.6 Å². The number of likely N-dealkylation sites (tertiary alicyclic amines) is 1. The molecule has 0 atom stereocenters. The van der Waals surface area contributed by atoms with Crippen LogP contribution in [-0.4, -0.2) is 51.5 Å². The second-order valence-corrected chi connectivity index (χ2v) is 7.83. The second-order valence-electron chi connectivity index (χ2n) is 7.34. The van der Waals surface area contributed by atoms with Crippen LogP contribution in [0.1, 0.15) is 47.8 Å². The molecule has 0 spiro atoms. The van der Waals surface area contributed by atoms with E-state index < -0.39 is 0 Å². The van der Waals surface area contributed by atoms with Crippen molar-refractivity contribution >= 4 is 23.6 Å². The first-order valence-electron chi connectivity index (χ1n) is 9.53. The van der Waals surface area contributed by atoms with Gasteiger partial charge in [-0.3, -0.25) is 9.69 Å². The maximum atomic E-state index is 12.1. The Hall–Kier alpha value is -2.18. The molecule has 1 amide bonds. The summed E-state index contributed by atoms with van der Waals surface area (Å²) < 4.78 is 1.85. The normalized spacial score (nSPS) is 19.2. The molecule has 0 radical (unpaired) electrons. The summed E-state index contributed by atoms with van der Waals surface area (Å²) in [6.45, 7) is 2.66. The molecule has 2 heterocycles. The fourth-order valence-corrected chi connectivity index (χ4v) is 3.67. The van der Waals surface area contributed by atoms with E-state index in [-0.39, 0.29) is 11.9 Å². The standard InChI is InChI=1S/C20H24ClN5O/c21-16(12-15-4-2-1-3-5-15)13-25-10-8-18(9-11-25)26-14-19(23-24-26)20(27)22-17-6-7-17/h1-5,12,14,17-18H,6-11,13H2,(H,22,27)/b16-12-. The van der Waals surface area contributed by atoms with Crippen LogP contribution in [0.15, 0.2) is 41.6 Å². The summed E-state index contributed by atoms with van der Waals surface area (Å²) in [6.07, 6.45) is 7.89. The van der Waals surface area contributed by atoms with Crippen molar-refractivity contribution in [3.8, 4) is 0 Å². The molecule has 1 aromatic heterocycles. The van der Waals surface area contributed by atoms with Crippen molar-refractivity contribution in [3.63, 3.8) is 0 Å². The fraction of sp³-hybridized carbons (Fsp3) is 0.450. The third kappa shape index (κ3) is 4.96. The van der Waals surface area contributed by atoms with Crippen molar-refractivity contribution < 1.29 is 4.79 Å². The Bertz CT molecular complexity index is 807. The molecule has 1 aliphatic carbocycles. The number of hydrogen-bond acceptors (Lipinski definition) is 4. The molecule has 1 aliphatic heterocycles. The lowest BCUT2D eigenvalue weighted by Crippen LogP contribution is -2.35. The first-order valence-corrected chi connectivity index (χ1v) is 9.91. The van der Waals surface area contributed by atoms with Gasteiger partial charge in [-0.2, -0.15) is 0 Å². The van der Waals surface area contributed by atoms with Gasteiger partial charge in [0.2, 0.25) is 0 Å². The quantitative estimate of drug-likeness (QED) is 0.830. The summed E-state index contributed by atoms with van der Waals surface area (Å²) in [5.41, 5.74) is 1.54. The van der Waals surface area contributed by atoms with Crippen molar-refractivity contribution in [2.45, 2.75) is 37.8 Å². The molecule has 4 rings (SSSR count). The highest BCUT2D eigenvalue weighted by Gasteiger charge is 2.26. The van der Waals surface area contributed by atoms with Crippen LogP contribution in [0.3, 0.4) is 0 Å². The van der Waals surface area contributed by atoms with Crippen molar-refractivity contribution in [3.05, 3.63) is 52.8 Å². The lowest BCUT2D eigenvalue weighted by molar-refractivity contribution is 0.0946. The Balaban J connectivity index is 1.28. The van der Waals surface area contributed by atoms with Gasteiger partial charge in [-0.05, 0) is 37.3 Å². The van der Waals surface area contributed by atoms with E-state index >= 15 is 0 Å². The molecule has 0 bridgehead atoms. The minimum atomic E-state index is -0.112. The summed E-state index contributed by atoms with van der Waals surface area (Å²) >= 11 is 6.43. The lowest BCUT2D eigenvalue weighted by atomic mass is 10.1. The van der Waals surface area contributed by atoms with Gasteiger partial charge < -0.3 is 5.32 Å². The molecule has 2 fully saturated rings. The highest BCUT2D eigenvalue weighted by molar-refractivity contribution is 6.31. The second kappa shape index (κ2) is 8.23. The van der Waals surface area contributed by atoms with Gasteiger partial charge >= 0.3 is 0 Å². The lowest BCUT2D eigenvalue weighted by Gasteiger charge is -2.31. The van der Waals surface area contributed by atoms with Crippen molar-refractivity contribution in [2.24, 2.45) is 0 Å². The number of piperidine rings is 1. The summed E-state index contributed by atoms with van der Waals surface area (Å²) in [6, 6.07) is 10.7. The van der Waals surface area contributed by atoms with E-state index in [2.05, 4.69) is 32.7 Å². The first kappa shape index (κ1) is 18.2. The van der Waals surface area contributed by atoms with E-state index in [1.807, 2.05) is 29.0 Å². The number of benzene rings is 1. The Kier molecular flexibility index (Phi) is 5.55. The third-order valence-corrected chi connectivity index (χ3v) is 5.31. The Morgan fingerprint density at radius 1 is 1.19 bits per heavy atom. The molecule has 6 nitrogen and oxygen atoms in total. The third-order valence-electron chi connectivity index (χ3n) is 5.08. The molecule has 0 unspecified atom stereocenters. The minimum Gasteiger partial charge on any atom is -0.348 e. The van der Waals surface area contributed by atoms with Crippen LogP contribution in [0.4, 0.5) is 0 Å². The molecule has 1 saturated heterocycles. The molecular weight excluding hydrogens is 362 g/mol. The average molecular weight is 386 g/mol. The number of aromatic nitrogens is 3. The average Bonchev–Trinajstić information content (AvgIpc) is 3.35. The molecular formula is C20H24ClN5O. The smallest absolute Gasteiger partial charge is 0.273 e. The van der Waals surface area contributed by atoms with E-state index in [1.54, 1.807) is 6.20 Å². The van der Waals surface area contributed by atoms with Crippen LogP contribution in [0.2, 0.25) is 0 Å². The van der Waals surface area contributed by atoms with E-state index in [9.17, 15) is 4.79 Å². The van der Waals surface area contributed by atoms with Gasteiger partial charge in [0.05, 0.1) is 12.2 Å². The molecule has 1 saturated carbocycles. The zero-order valence-electron chi connectivity index (χ0n) is 15.2. The molecule has 27 heavy (non-hydrogen) atoms. The van der Waals surface area contributed by atoms with Gasteiger partial charge in [-0.15, -0.1) is 5.10 Å². The summed E-state index contributed by atoms with van der Waals surface area (Å²) in [5, 5.41) is 12.0. The predicted octanol–water partition coefficient (Wildman–Crippen LogP) is 3.09. The molecule has 1 N–H and O–H groups in total. The zero-order chi connectivity index (χ0) is 18.6. The largest absolute Gasteiger partial charge is 0.348 e. The predicted molar refractivity (Wildman–Crippen MR) is 105 cm³/mol. The molecule has 142 valence electrons. The van der Waals surface area contributed by atoms with E-state index in [0.29, 0.717) is 11.7 Å². The Morgan fingerprint density at radius 2 is 1.93 bits per heavy atom. The molecule has 2 aromatic rings. The van der Waals surface area contributed by atoms with Crippen LogP contribution in [0.25, 0.3) is 6.08 Å². The molecule has 2 aliphatic rings. The number of amides is 1. The first-order chi connectivity index (χ1) is 13.2. The molecule has 1 aromatic carbocycles. The Morgan fingerprint density at radius 3 is 2.63 bits per heavy atom. The fourth-order valence-electron chi connectivity index (χ4n) is 3.38. The summed E-state index contributed by atoms with van der Waals surface area (Å²) in [4.78, 5) is 14.4. The van der Waals surface area contributed by atoms with Crippen LogP contribution in [-0.2, 0) is 0 Å². The monoisotopic (exact) mass is 385 g/mol. The Labute approximate surface area is 164 Å². The topological polar surface area (TPSA) is 63.1 Å². The van der Waals surface area contributed by atoms with Gasteiger partial charge in [0.15, 0.2) is 5.69 Å². The highest BCUT2D eigenvalue weighted by atomic mass is 35.5. The van der Waals surface area contributed by atoms with Crippen LogP contribution < -0.4 is 5.32 Å². The van der Waals surface area contributed by atoms with Crippen molar-refractivity contribution in [1.82, 2.24) is 25.2 Å². The van der Waals surface area contributed by atoms with Crippen LogP contribution in [0, 0.1) is 0 Å². The van der Waals surface area contributed by atoms with Gasteiger partial charge in [-0.1, -0.05) is 47.1 Å². The summed E-state index contributed by atoms with van der Waals surface area (Å²) in [5.74, 6) is -0.112. The van der Waals surface area contributed by atoms with Crippen LogP contribution in [0.5, 0.6) is 0 Å². The number of rotatable bonds is 6. The number of carbonyl (C=O) groups excluding carboxylic acids is 1. The van der Waals surface area contributed by atoms with Gasteiger partial charge in [0.25, 0.3) is 5.91 Å². The maximum Gasteiger partial charge on any atom is 0.273 e. The minimum absolute atomic E-state index is 0.112. The molecule has 7 heteroatoms. The number of nitrogens with zero attached hydrogens (tertiary/aromatic N) is 4. The van der Waals surface area contributed by atoms with Gasteiger partial charge in [0.1, 0.15) is 0 Å². The number of nitrogens with one attached hydrogen (secondary N) is 1. The van der Waals surface area contributed by atoms with Gasteiger partial charge in [0, 0.05) is 30.7 Å². The maximum absolute atomic E-state index is 12.1. The summed E-state index contributed by atoms with van der Waals surface area (Å²) in [7, 11) is 0. The number of hydrogen-bond donors (Lipinski definition) is 1. The number of halogens is 1. The SMILES string of the molecule is O=C(NC1CC1)c1cn(C2CCN(C/C(Cl)=C/c3ccccc3)CC2)nn1. The van der Waals surface area contributed by atoms with Gasteiger partial charge in [-0.25, -0.2) is 4.68 Å². The van der Waals surface area contributed by atoms with E-state index in [1.165, 1.54) is 0 Å². The highest BCUT2D eigenvalue weighted by Crippen LogP contribution is 2.24. The van der Waals surface area contributed by atoms with E-state index in [4.69, 9.17) is 11.6 Å². The van der Waals surface area contributed by atoms with Crippen molar-refractivity contribution in [1.29, 1.82) is 0 Å².